The maximum absolute atomic E-state index is 10.6. The zero-order valence-electron chi connectivity index (χ0n) is 10.3. The van der Waals surface area contributed by atoms with Crippen molar-refractivity contribution in [3.63, 3.8) is 0 Å². The number of aromatic amines is 1. The summed E-state index contributed by atoms with van der Waals surface area (Å²) in [6.07, 6.45) is 0.689. The second-order valence-corrected chi connectivity index (χ2v) is 4.14. The lowest BCUT2D eigenvalue weighted by atomic mass is 10.1. The van der Waals surface area contributed by atoms with Gasteiger partial charge in [0.15, 0.2) is 17.9 Å². The van der Waals surface area contributed by atoms with Gasteiger partial charge in [-0.05, 0) is 19.1 Å². The average Bonchev–Trinajstić information content (AvgIpc) is 3.07. The standard InChI is InChI=1S/C14H11N3O2/c1-9-15-14(17-16-9)11-4-2-10(3-5-11)13-7-6-12(8-18)19-13/h2-8H,1H3,(H,15,16,17). The van der Waals surface area contributed by atoms with Crippen molar-refractivity contribution in [1.82, 2.24) is 15.2 Å². The highest BCUT2D eigenvalue weighted by Crippen LogP contribution is 2.24. The number of benzene rings is 1. The Bertz CT molecular complexity index is 710. The van der Waals surface area contributed by atoms with Gasteiger partial charge in [0.25, 0.3) is 0 Å². The number of hydrogen-bond donors (Lipinski definition) is 1. The molecule has 94 valence electrons. The molecule has 0 radical (unpaired) electrons. The van der Waals surface area contributed by atoms with E-state index in [9.17, 15) is 4.79 Å². The molecule has 1 aromatic carbocycles. The molecule has 0 fully saturated rings. The second-order valence-electron chi connectivity index (χ2n) is 4.14. The lowest BCUT2D eigenvalue weighted by Gasteiger charge is -1.98. The molecule has 3 aromatic rings. The number of carbonyl (C=O) groups excluding carboxylic acids is 1. The number of aromatic nitrogens is 3. The van der Waals surface area contributed by atoms with Crippen LogP contribution in [0.3, 0.4) is 0 Å². The van der Waals surface area contributed by atoms with Crippen LogP contribution in [0.1, 0.15) is 16.4 Å². The Morgan fingerprint density at radius 3 is 2.42 bits per heavy atom. The van der Waals surface area contributed by atoms with E-state index in [1.165, 1.54) is 0 Å². The van der Waals surface area contributed by atoms with Crippen molar-refractivity contribution < 1.29 is 9.21 Å². The highest BCUT2D eigenvalue weighted by atomic mass is 16.3. The van der Waals surface area contributed by atoms with Crippen LogP contribution >= 0.6 is 0 Å². The number of H-pyrrole nitrogens is 1. The fourth-order valence-electron chi connectivity index (χ4n) is 1.83. The Labute approximate surface area is 109 Å². The third-order valence-corrected chi connectivity index (χ3v) is 2.77. The molecule has 0 amide bonds. The van der Waals surface area contributed by atoms with E-state index in [1.54, 1.807) is 12.1 Å². The lowest BCUT2D eigenvalue weighted by Crippen LogP contribution is -1.81. The number of nitrogens with one attached hydrogen (secondary N) is 1. The van der Waals surface area contributed by atoms with E-state index in [0.29, 0.717) is 23.6 Å². The number of rotatable bonds is 3. The molecule has 0 aliphatic heterocycles. The van der Waals surface area contributed by atoms with Gasteiger partial charge in [0.05, 0.1) is 0 Å². The Balaban J connectivity index is 1.92. The minimum Gasteiger partial charge on any atom is -0.453 e. The van der Waals surface area contributed by atoms with Crippen molar-refractivity contribution >= 4 is 6.29 Å². The van der Waals surface area contributed by atoms with E-state index >= 15 is 0 Å². The van der Waals surface area contributed by atoms with Crippen LogP contribution in [-0.4, -0.2) is 21.5 Å². The van der Waals surface area contributed by atoms with Crippen LogP contribution in [0.15, 0.2) is 40.8 Å². The molecule has 1 N–H and O–H groups in total. The summed E-state index contributed by atoms with van der Waals surface area (Å²) in [6, 6.07) is 11.1. The number of carbonyl (C=O) groups is 1. The van der Waals surface area contributed by atoms with E-state index in [2.05, 4.69) is 15.2 Å². The smallest absolute Gasteiger partial charge is 0.185 e. The van der Waals surface area contributed by atoms with Gasteiger partial charge in [0.2, 0.25) is 0 Å². The summed E-state index contributed by atoms with van der Waals surface area (Å²) in [5.41, 5.74) is 1.83. The van der Waals surface area contributed by atoms with Gasteiger partial charge in [-0.2, -0.15) is 5.10 Å². The molecule has 0 bridgehead atoms. The van der Waals surface area contributed by atoms with Crippen molar-refractivity contribution in [3.05, 3.63) is 48.0 Å². The second kappa shape index (κ2) is 4.53. The summed E-state index contributed by atoms with van der Waals surface area (Å²) in [4.78, 5) is 14.8. The van der Waals surface area contributed by atoms with Crippen LogP contribution in [0.25, 0.3) is 22.7 Å². The van der Waals surface area contributed by atoms with Crippen molar-refractivity contribution in [2.24, 2.45) is 0 Å². The Kier molecular flexibility index (Phi) is 2.72. The minimum absolute atomic E-state index is 0.323. The van der Waals surface area contributed by atoms with Crippen molar-refractivity contribution in [2.75, 3.05) is 0 Å². The number of aryl methyl sites for hydroxylation is 1. The third-order valence-electron chi connectivity index (χ3n) is 2.77. The van der Waals surface area contributed by atoms with Crippen LogP contribution in [0.4, 0.5) is 0 Å². The topological polar surface area (TPSA) is 71.8 Å². The summed E-state index contributed by atoms with van der Waals surface area (Å²) in [5.74, 6) is 2.43. The zero-order valence-corrected chi connectivity index (χ0v) is 10.3. The van der Waals surface area contributed by atoms with Crippen molar-refractivity contribution in [3.8, 4) is 22.7 Å². The Morgan fingerprint density at radius 2 is 1.84 bits per heavy atom. The zero-order chi connectivity index (χ0) is 13.2. The van der Waals surface area contributed by atoms with Gasteiger partial charge in [-0.25, -0.2) is 4.98 Å². The first-order valence-corrected chi connectivity index (χ1v) is 5.81. The fourth-order valence-corrected chi connectivity index (χ4v) is 1.83. The molecular weight excluding hydrogens is 242 g/mol. The lowest BCUT2D eigenvalue weighted by molar-refractivity contribution is 0.110. The summed E-state index contributed by atoms with van der Waals surface area (Å²) in [6.45, 7) is 1.86. The molecule has 2 heterocycles. The molecular formula is C14H11N3O2. The monoisotopic (exact) mass is 253 g/mol. The first kappa shape index (κ1) is 11.4. The molecule has 0 unspecified atom stereocenters. The van der Waals surface area contributed by atoms with Gasteiger partial charge in [-0.3, -0.25) is 9.89 Å². The van der Waals surface area contributed by atoms with Crippen LogP contribution in [0.5, 0.6) is 0 Å². The largest absolute Gasteiger partial charge is 0.453 e. The first-order valence-electron chi connectivity index (χ1n) is 5.81. The van der Waals surface area contributed by atoms with Crippen molar-refractivity contribution in [1.29, 1.82) is 0 Å². The molecule has 5 nitrogen and oxygen atoms in total. The minimum atomic E-state index is 0.323. The van der Waals surface area contributed by atoms with Gasteiger partial charge < -0.3 is 4.42 Å². The third kappa shape index (κ3) is 2.18. The summed E-state index contributed by atoms with van der Waals surface area (Å²) >= 11 is 0. The van der Waals surface area contributed by atoms with E-state index < -0.39 is 0 Å². The average molecular weight is 253 g/mol. The number of aldehydes is 1. The molecule has 0 saturated heterocycles. The summed E-state index contributed by atoms with van der Waals surface area (Å²) in [7, 11) is 0. The Hall–Kier alpha value is -2.69. The van der Waals surface area contributed by atoms with Gasteiger partial charge in [0, 0.05) is 11.1 Å². The van der Waals surface area contributed by atoms with E-state index in [4.69, 9.17) is 4.42 Å². The molecule has 0 aliphatic carbocycles. The van der Waals surface area contributed by atoms with Gasteiger partial charge >= 0.3 is 0 Å². The van der Waals surface area contributed by atoms with E-state index in [1.807, 2.05) is 31.2 Å². The van der Waals surface area contributed by atoms with E-state index in [0.717, 1.165) is 17.0 Å². The van der Waals surface area contributed by atoms with Crippen LogP contribution in [-0.2, 0) is 0 Å². The van der Waals surface area contributed by atoms with Gasteiger partial charge in [-0.1, -0.05) is 24.3 Å². The summed E-state index contributed by atoms with van der Waals surface area (Å²) < 4.78 is 5.36. The molecule has 0 saturated carbocycles. The number of furan rings is 1. The molecule has 19 heavy (non-hydrogen) atoms. The van der Waals surface area contributed by atoms with E-state index in [-0.39, 0.29) is 0 Å². The van der Waals surface area contributed by atoms with Crippen LogP contribution in [0, 0.1) is 6.92 Å². The molecule has 2 aromatic heterocycles. The molecule has 0 aliphatic rings. The maximum Gasteiger partial charge on any atom is 0.185 e. The maximum atomic E-state index is 10.6. The fraction of sp³-hybridized carbons (Fsp3) is 0.0714. The molecule has 3 rings (SSSR count). The quantitative estimate of drug-likeness (QED) is 0.728. The first-order chi connectivity index (χ1) is 9.26. The SMILES string of the molecule is Cc1nc(-c2ccc(-c3ccc(C=O)o3)cc2)n[nH]1. The number of hydrogen-bond acceptors (Lipinski definition) is 4. The number of nitrogens with zero attached hydrogens (tertiary/aromatic N) is 2. The summed E-state index contributed by atoms with van der Waals surface area (Å²) in [5, 5.41) is 6.91. The molecule has 0 atom stereocenters. The van der Waals surface area contributed by atoms with Gasteiger partial charge in [-0.15, -0.1) is 0 Å². The van der Waals surface area contributed by atoms with Crippen LogP contribution in [0.2, 0.25) is 0 Å². The highest BCUT2D eigenvalue weighted by molar-refractivity contribution is 5.73. The predicted molar refractivity (Wildman–Crippen MR) is 69.6 cm³/mol. The Morgan fingerprint density at radius 1 is 1.11 bits per heavy atom. The van der Waals surface area contributed by atoms with Crippen LogP contribution < -0.4 is 0 Å². The normalized spacial score (nSPS) is 10.6. The molecule has 0 spiro atoms. The van der Waals surface area contributed by atoms with Gasteiger partial charge in [0.1, 0.15) is 11.6 Å². The molecule has 5 heteroatoms. The predicted octanol–water partition coefficient (Wildman–Crippen LogP) is 2.85. The highest BCUT2D eigenvalue weighted by Gasteiger charge is 2.06. The van der Waals surface area contributed by atoms with Crippen molar-refractivity contribution in [2.45, 2.75) is 6.92 Å².